The maximum absolute atomic E-state index is 9.84. The van der Waals surface area contributed by atoms with E-state index in [1.54, 1.807) is 0 Å². The van der Waals surface area contributed by atoms with Crippen LogP contribution in [-0.2, 0) is 13.0 Å². The quantitative estimate of drug-likeness (QED) is 0.296. The van der Waals surface area contributed by atoms with Crippen LogP contribution in [0.3, 0.4) is 0 Å². The van der Waals surface area contributed by atoms with Crippen LogP contribution in [-0.4, -0.2) is 9.55 Å². The van der Waals surface area contributed by atoms with Gasteiger partial charge in [-0.15, -0.1) is 0 Å². The molecule has 0 aliphatic carbocycles. The number of nitriles is 1. The molecular formula is C29H25N3. The lowest BCUT2D eigenvalue weighted by molar-refractivity contribution is 0.690. The van der Waals surface area contributed by atoms with Crippen molar-refractivity contribution in [3.8, 4) is 17.2 Å². The first kappa shape index (κ1) is 20.0. The lowest BCUT2D eigenvalue weighted by Crippen LogP contribution is -2.06. The molecule has 0 radical (unpaired) electrons. The van der Waals surface area contributed by atoms with E-state index in [0.717, 1.165) is 47.3 Å². The number of fused-ring (bicyclic) bond motifs is 3. The van der Waals surface area contributed by atoms with Crippen molar-refractivity contribution in [2.75, 3.05) is 0 Å². The van der Waals surface area contributed by atoms with E-state index in [2.05, 4.69) is 66.1 Å². The van der Waals surface area contributed by atoms with Crippen molar-refractivity contribution in [3.05, 3.63) is 102 Å². The fourth-order valence-electron chi connectivity index (χ4n) is 4.48. The summed E-state index contributed by atoms with van der Waals surface area (Å²) in [6, 6.07) is 31.5. The van der Waals surface area contributed by atoms with Crippen LogP contribution in [0.1, 0.15) is 36.7 Å². The molecule has 1 heterocycles. The molecule has 1 aromatic heterocycles. The van der Waals surface area contributed by atoms with E-state index >= 15 is 0 Å². The molecule has 0 amide bonds. The van der Waals surface area contributed by atoms with E-state index in [0.29, 0.717) is 12.1 Å². The van der Waals surface area contributed by atoms with Gasteiger partial charge in [-0.05, 0) is 40.6 Å². The Bertz CT molecular complexity index is 1440. The molecule has 0 aliphatic heterocycles. The van der Waals surface area contributed by atoms with Crippen molar-refractivity contribution >= 4 is 21.8 Å². The molecule has 32 heavy (non-hydrogen) atoms. The SMILES string of the molecule is CCCCc1nc2ccc3ccccc3c2n1Cc1ccc(-c2ccccc2)c(C#N)c1. The zero-order valence-corrected chi connectivity index (χ0v) is 18.3. The minimum absolute atomic E-state index is 0.702. The predicted molar refractivity (Wildman–Crippen MR) is 132 cm³/mol. The van der Waals surface area contributed by atoms with Gasteiger partial charge in [-0.1, -0.05) is 86.1 Å². The van der Waals surface area contributed by atoms with Gasteiger partial charge in [-0.3, -0.25) is 0 Å². The van der Waals surface area contributed by atoms with Crippen molar-refractivity contribution < 1.29 is 0 Å². The predicted octanol–water partition coefficient (Wildman–Crippen LogP) is 7.12. The van der Waals surface area contributed by atoms with Gasteiger partial charge >= 0.3 is 0 Å². The molecule has 0 bridgehead atoms. The number of aryl methyl sites for hydroxylation is 1. The van der Waals surface area contributed by atoms with Gasteiger partial charge in [-0.2, -0.15) is 5.26 Å². The summed E-state index contributed by atoms with van der Waals surface area (Å²) in [5.74, 6) is 1.11. The Morgan fingerprint density at radius 3 is 2.53 bits per heavy atom. The summed E-state index contributed by atoms with van der Waals surface area (Å²) >= 11 is 0. The summed E-state index contributed by atoms with van der Waals surface area (Å²) in [6.45, 7) is 2.91. The van der Waals surface area contributed by atoms with Crippen LogP contribution < -0.4 is 0 Å². The molecule has 0 spiro atoms. The third kappa shape index (κ3) is 3.65. The molecule has 156 valence electrons. The van der Waals surface area contributed by atoms with Crippen molar-refractivity contribution in [2.24, 2.45) is 0 Å². The second-order valence-corrected chi connectivity index (χ2v) is 8.23. The van der Waals surface area contributed by atoms with E-state index in [1.807, 2.05) is 36.4 Å². The average molecular weight is 416 g/mol. The maximum Gasteiger partial charge on any atom is 0.110 e. The van der Waals surface area contributed by atoms with E-state index < -0.39 is 0 Å². The molecule has 0 N–H and O–H groups in total. The lowest BCUT2D eigenvalue weighted by atomic mass is 9.98. The molecule has 0 fully saturated rings. The molecule has 0 saturated carbocycles. The first-order valence-electron chi connectivity index (χ1n) is 11.2. The van der Waals surface area contributed by atoms with Gasteiger partial charge < -0.3 is 4.57 Å². The first-order chi connectivity index (χ1) is 15.8. The summed E-state index contributed by atoms with van der Waals surface area (Å²) < 4.78 is 2.35. The Labute approximate surface area is 188 Å². The Kier molecular flexibility index (Phi) is 5.44. The van der Waals surface area contributed by atoms with E-state index in [4.69, 9.17) is 4.98 Å². The number of rotatable bonds is 6. The number of imidazole rings is 1. The topological polar surface area (TPSA) is 41.6 Å². The monoisotopic (exact) mass is 415 g/mol. The van der Waals surface area contributed by atoms with Crippen molar-refractivity contribution in [2.45, 2.75) is 32.7 Å². The fourth-order valence-corrected chi connectivity index (χ4v) is 4.48. The van der Waals surface area contributed by atoms with E-state index in [-0.39, 0.29) is 0 Å². The molecule has 5 aromatic rings. The Morgan fingerprint density at radius 1 is 0.906 bits per heavy atom. The Balaban J connectivity index is 1.63. The van der Waals surface area contributed by atoms with Crippen molar-refractivity contribution in [3.63, 3.8) is 0 Å². The van der Waals surface area contributed by atoms with Crippen LogP contribution in [0.25, 0.3) is 32.9 Å². The van der Waals surface area contributed by atoms with Crippen molar-refractivity contribution in [1.82, 2.24) is 9.55 Å². The minimum Gasteiger partial charge on any atom is -0.323 e. The summed E-state index contributed by atoms with van der Waals surface area (Å²) in [6.07, 6.45) is 3.19. The largest absolute Gasteiger partial charge is 0.323 e. The molecule has 0 unspecified atom stereocenters. The third-order valence-corrected chi connectivity index (χ3v) is 6.09. The zero-order valence-electron chi connectivity index (χ0n) is 18.3. The van der Waals surface area contributed by atoms with Gasteiger partial charge in [0, 0.05) is 18.4 Å². The molecule has 0 saturated heterocycles. The van der Waals surface area contributed by atoms with Crippen LogP contribution >= 0.6 is 0 Å². The molecule has 0 atom stereocenters. The summed E-state index contributed by atoms with van der Waals surface area (Å²) in [7, 11) is 0. The summed E-state index contributed by atoms with van der Waals surface area (Å²) in [5.41, 5.74) is 6.09. The second-order valence-electron chi connectivity index (χ2n) is 8.23. The van der Waals surface area contributed by atoms with Gasteiger partial charge in [0.1, 0.15) is 5.82 Å². The van der Waals surface area contributed by atoms with Crippen LogP contribution in [0.15, 0.2) is 84.9 Å². The summed E-state index contributed by atoms with van der Waals surface area (Å²) in [5, 5.41) is 12.3. The summed E-state index contributed by atoms with van der Waals surface area (Å²) in [4.78, 5) is 5.00. The lowest BCUT2D eigenvalue weighted by Gasteiger charge is -2.13. The Hall–Kier alpha value is -3.90. The number of aromatic nitrogens is 2. The fraction of sp³-hybridized carbons (Fsp3) is 0.172. The maximum atomic E-state index is 9.84. The highest BCUT2D eigenvalue weighted by molar-refractivity contribution is 6.04. The molecular weight excluding hydrogens is 390 g/mol. The van der Waals surface area contributed by atoms with Gasteiger partial charge in [0.25, 0.3) is 0 Å². The highest BCUT2D eigenvalue weighted by Gasteiger charge is 2.15. The first-order valence-corrected chi connectivity index (χ1v) is 11.2. The zero-order chi connectivity index (χ0) is 21.9. The van der Waals surface area contributed by atoms with Crippen LogP contribution in [0.5, 0.6) is 0 Å². The van der Waals surface area contributed by atoms with Crippen molar-refractivity contribution in [1.29, 1.82) is 5.26 Å². The van der Waals surface area contributed by atoms with E-state index in [1.165, 1.54) is 16.3 Å². The number of unbranched alkanes of at least 4 members (excludes halogenated alkanes) is 1. The third-order valence-electron chi connectivity index (χ3n) is 6.09. The van der Waals surface area contributed by atoms with Gasteiger partial charge in [0.15, 0.2) is 0 Å². The molecule has 0 aliphatic rings. The standard InChI is InChI=1S/C29H25N3/c1-2-3-13-28-31-27-17-15-23-11-7-8-12-26(23)29(27)32(28)20-21-14-16-25(24(18-21)19-30)22-9-5-4-6-10-22/h4-12,14-18H,2-3,13,20H2,1H3. The van der Waals surface area contributed by atoms with E-state index in [9.17, 15) is 5.26 Å². The van der Waals surface area contributed by atoms with Crippen LogP contribution in [0, 0.1) is 11.3 Å². The van der Waals surface area contributed by atoms with Gasteiger partial charge in [0.2, 0.25) is 0 Å². The molecule has 5 rings (SSSR count). The smallest absolute Gasteiger partial charge is 0.110 e. The number of nitrogens with zero attached hydrogens (tertiary/aromatic N) is 3. The number of hydrogen-bond acceptors (Lipinski definition) is 2. The normalized spacial score (nSPS) is 11.1. The average Bonchev–Trinajstić information content (AvgIpc) is 3.20. The molecule has 3 heteroatoms. The van der Waals surface area contributed by atoms with Gasteiger partial charge in [0.05, 0.1) is 22.7 Å². The molecule has 3 nitrogen and oxygen atoms in total. The minimum atomic E-state index is 0.702. The van der Waals surface area contributed by atoms with Crippen LogP contribution in [0.2, 0.25) is 0 Å². The highest BCUT2D eigenvalue weighted by atomic mass is 15.1. The Morgan fingerprint density at radius 2 is 1.72 bits per heavy atom. The molecule has 4 aromatic carbocycles. The number of benzene rings is 4. The van der Waals surface area contributed by atoms with Crippen LogP contribution in [0.4, 0.5) is 0 Å². The second kappa shape index (κ2) is 8.69. The number of hydrogen-bond donors (Lipinski definition) is 0. The van der Waals surface area contributed by atoms with Gasteiger partial charge in [-0.25, -0.2) is 4.98 Å². The highest BCUT2D eigenvalue weighted by Crippen LogP contribution is 2.29.